The smallest absolute Gasteiger partial charge is 0.271 e. The van der Waals surface area contributed by atoms with Crippen LogP contribution in [0.15, 0.2) is 48.5 Å². The Morgan fingerprint density at radius 3 is 2.44 bits per heavy atom. The largest absolute Gasteiger partial charge is 0.497 e. The highest BCUT2D eigenvalue weighted by Gasteiger charge is 2.26. The van der Waals surface area contributed by atoms with Gasteiger partial charge in [-0.05, 0) is 61.4 Å². The summed E-state index contributed by atoms with van der Waals surface area (Å²) in [6.07, 6.45) is 1.11. The van der Waals surface area contributed by atoms with Gasteiger partial charge in [-0.25, -0.2) is 8.78 Å². The van der Waals surface area contributed by atoms with E-state index in [1.54, 1.807) is 18.1 Å². The van der Waals surface area contributed by atoms with E-state index in [1.807, 2.05) is 24.3 Å². The van der Waals surface area contributed by atoms with Crippen LogP contribution in [0.3, 0.4) is 0 Å². The summed E-state index contributed by atoms with van der Waals surface area (Å²) in [7, 11) is 1.59. The zero-order chi connectivity index (χ0) is 22.7. The second-order valence-electron chi connectivity index (χ2n) is 7.56. The molecule has 3 aromatic rings. The van der Waals surface area contributed by atoms with Crippen molar-refractivity contribution >= 4 is 11.8 Å². The van der Waals surface area contributed by atoms with Crippen LogP contribution in [0.4, 0.5) is 8.78 Å². The van der Waals surface area contributed by atoms with Crippen molar-refractivity contribution in [2.45, 2.75) is 18.9 Å². The number of ether oxygens (including phenoxy) is 1. The number of carbonyl (C=O) groups is 2. The molecule has 1 aliphatic heterocycles. The van der Waals surface area contributed by atoms with Gasteiger partial charge in [0, 0.05) is 30.3 Å². The maximum atomic E-state index is 13.4. The van der Waals surface area contributed by atoms with Gasteiger partial charge in [0.2, 0.25) is 0 Å². The van der Waals surface area contributed by atoms with Crippen molar-refractivity contribution in [3.8, 4) is 17.0 Å². The second-order valence-corrected chi connectivity index (χ2v) is 7.56. The number of amides is 2. The summed E-state index contributed by atoms with van der Waals surface area (Å²) >= 11 is 0. The number of H-pyrrole nitrogens is 1. The van der Waals surface area contributed by atoms with Crippen LogP contribution in [0.5, 0.6) is 5.75 Å². The summed E-state index contributed by atoms with van der Waals surface area (Å²) in [5.74, 6) is -1.96. The van der Waals surface area contributed by atoms with E-state index < -0.39 is 17.5 Å². The van der Waals surface area contributed by atoms with Crippen molar-refractivity contribution < 1.29 is 23.1 Å². The van der Waals surface area contributed by atoms with E-state index in [1.165, 1.54) is 6.07 Å². The molecule has 2 aromatic carbocycles. The summed E-state index contributed by atoms with van der Waals surface area (Å²) < 4.78 is 31.6. The number of halogens is 2. The molecule has 0 aliphatic carbocycles. The van der Waals surface area contributed by atoms with Gasteiger partial charge in [0.1, 0.15) is 11.4 Å². The highest BCUT2D eigenvalue weighted by molar-refractivity contribution is 5.95. The molecule has 0 atom stereocenters. The minimum atomic E-state index is -1.06. The van der Waals surface area contributed by atoms with E-state index in [2.05, 4.69) is 15.5 Å². The molecular weight excluding hydrogens is 418 g/mol. The van der Waals surface area contributed by atoms with Crippen LogP contribution in [0.2, 0.25) is 0 Å². The van der Waals surface area contributed by atoms with Crippen LogP contribution < -0.4 is 10.1 Å². The molecule has 0 spiro atoms. The van der Waals surface area contributed by atoms with Gasteiger partial charge in [-0.1, -0.05) is 0 Å². The average Bonchev–Trinajstić information content (AvgIpc) is 3.31. The lowest BCUT2D eigenvalue weighted by atomic mass is 10.0. The molecule has 1 fully saturated rings. The molecule has 2 N–H and O–H groups in total. The number of methoxy groups -OCH3 is 1. The van der Waals surface area contributed by atoms with Crippen LogP contribution >= 0.6 is 0 Å². The molecule has 2 heterocycles. The molecule has 0 saturated carbocycles. The highest BCUT2D eigenvalue weighted by Crippen LogP contribution is 2.22. The molecule has 0 radical (unpaired) electrons. The molecule has 1 saturated heterocycles. The van der Waals surface area contributed by atoms with Crippen molar-refractivity contribution in [2.75, 3.05) is 20.2 Å². The summed E-state index contributed by atoms with van der Waals surface area (Å²) in [5.41, 5.74) is 1.97. The van der Waals surface area contributed by atoms with Crippen LogP contribution in [0, 0.1) is 11.6 Å². The highest BCUT2D eigenvalue weighted by atomic mass is 19.2. The fourth-order valence-corrected chi connectivity index (χ4v) is 3.64. The quantitative estimate of drug-likeness (QED) is 0.637. The first-order valence-corrected chi connectivity index (χ1v) is 10.2. The standard InChI is InChI=1S/C23H22F2N4O3/c1-32-17-5-2-14(3-6-17)20-13-21(28-27-20)23(31)29-10-8-16(9-11-29)26-22(30)15-4-7-18(24)19(25)12-15/h2-7,12-13,16H,8-11H2,1H3,(H,26,30)(H,27,28). The van der Waals surface area contributed by atoms with Crippen LogP contribution in [-0.4, -0.2) is 53.2 Å². The number of nitrogens with one attached hydrogen (secondary N) is 2. The molecule has 166 valence electrons. The number of carbonyl (C=O) groups excluding carboxylic acids is 2. The molecule has 4 rings (SSSR count). The van der Waals surface area contributed by atoms with Crippen molar-refractivity contribution in [1.29, 1.82) is 0 Å². The third-order valence-corrected chi connectivity index (χ3v) is 5.49. The Morgan fingerprint density at radius 2 is 1.78 bits per heavy atom. The Bertz CT molecular complexity index is 1120. The van der Waals surface area contributed by atoms with Gasteiger partial charge in [-0.3, -0.25) is 14.7 Å². The van der Waals surface area contributed by atoms with E-state index in [0.29, 0.717) is 37.3 Å². The third-order valence-electron chi connectivity index (χ3n) is 5.49. The first kappa shape index (κ1) is 21.5. The minimum absolute atomic E-state index is 0.0610. The summed E-state index contributed by atoms with van der Waals surface area (Å²) in [6, 6.07) is 12.0. The normalized spacial score (nSPS) is 14.3. The van der Waals surface area contributed by atoms with Gasteiger partial charge in [0.05, 0.1) is 12.8 Å². The van der Waals surface area contributed by atoms with Crippen molar-refractivity contribution in [1.82, 2.24) is 20.4 Å². The number of hydrogen-bond donors (Lipinski definition) is 2. The number of piperidine rings is 1. The lowest BCUT2D eigenvalue weighted by Gasteiger charge is -2.32. The summed E-state index contributed by atoms with van der Waals surface area (Å²) in [4.78, 5) is 26.8. The molecule has 1 aliphatic rings. The number of likely N-dealkylation sites (tertiary alicyclic amines) is 1. The Kier molecular flexibility index (Phi) is 6.16. The van der Waals surface area contributed by atoms with E-state index >= 15 is 0 Å². The van der Waals surface area contributed by atoms with Gasteiger partial charge in [0.15, 0.2) is 11.6 Å². The van der Waals surface area contributed by atoms with Crippen LogP contribution in [-0.2, 0) is 0 Å². The van der Waals surface area contributed by atoms with Crippen LogP contribution in [0.1, 0.15) is 33.7 Å². The minimum Gasteiger partial charge on any atom is -0.497 e. The van der Waals surface area contributed by atoms with Gasteiger partial charge in [0.25, 0.3) is 11.8 Å². The first-order valence-electron chi connectivity index (χ1n) is 10.2. The number of aromatic nitrogens is 2. The number of rotatable bonds is 5. The average molecular weight is 440 g/mol. The van der Waals surface area contributed by atoms with Crippen molar-refractivity contribution in [3.63, 3.8) is 0 Å². The van der Waals surface area contributed by atoms with E-state index in [0.717, 1.165) is 23.4 Å². The number of aromatic amines is 1. The Balaban J connectivity index is 1.33. The Morgan fingerprint density at radius 1 is 1.06 bits per heavy atom. The lowest BCUT2D eigenvalue weighted by molar-refractivity contribution is 0.0692. The molecule has 0 bridgehead atoms. The predicted octanol–water partition coefficient (Wildman–Crippen LogP) is 3.40. The van der Waals surface area contributed by atoms with Gasteiger partial charge >= 0.3 is 0 Å². The third kappa shape index (κ3) is 4.61. The van der Waals surface area contributed by atoms with E-state index in [-0.39, 0.29) is 17.5 Å². The lowest BCUT2D eigenvalue weighted by Crippen LogP contribution is -2.46. The molecule has 9 heteroatoms. The predicted molar refractivity (Wildman–Crippen MR) is 113 cm³/mol. The number of nitrogens with zero attached hydrogens (tertiary/aromatic N) is 2. The summed E-state index contributed by atoms with van der Waals surface area (Å²) in [6.45, 7) is 0.914. The topological polar surface area (TPSA) is 87.3 Å². The van der Waals surface area contributed by atoms with Crippen molar-refractivity contribution in [2.24, 2.45) is 0 Å². The molecule has 32 heavy (non-hydrogen) atoms. The fourth-order valence-electron chi connectivity index (χ4n) is 3.64. The zero-order valence-electron chi connectivity index (χ0n) is 17.4. The first-order chi connectivity index (χ1) is 15.4. The van der Waals surface area contributed by atoms with Gasteiger partial charge in [-0.2, -0.15) is 5.10 Å². The second kappa shape index (κ2) is 9.17. The molecule has 1 aromatic heterocycles. The van der Waals surface area contributed by atoms with Gasteiger partial charge < -0.3 is 15.0 Å². The maximum Gasteiger partial charge on any atom is 0.271 e. The fraction of sp³-hybridized carbons (Fsp3) is 0.261. The molecular formula is C23H22F2N4O3. The molecule has 0 unspecified atom stereocenters. The number of hydrogen-bond acceptors (Lipinski definition) is 4. The van der Waals surface area contributed by atoms with Gasteiger partial charge in [-0.15, -0.1) is 0 Å². The monoisotopic (exact) mass is 440 g/mol. The molecule has 7 nitrogen and oxygen atoms in total. The SMILES string of the molecule is COc1ccc(-c2cc(C(=O)N3CCC(NC(=O)c4ccc(F)c(F)c4)CC3)[nH]n2)cc1. The van der Waals surface area contributed by atoms with Crippen molar-refractivity contribution in [3.05, 3.63) is 71.4 Å². The maximum absolute atomic E-state index is 13.4. The Labute approximate surface area is 183 Å². The molecule has 2 amide bonds. The zero-order valence-corrected chi connectivity index (χ0v) is 17.4. The number of benzene rings is 2. The Hall–Kier alpha value is -3.75. The van der Waals surface area contributed by atoms with E-state index in [4.69, 9.17) is 4.74 Å². The van der Waals surface area contributed by atoms with E-state index in [9.17, 15) is 18.4 Å². The summed E-state index contributed by atoms with van der Waals surface area (Å²) in [5, 5.41) is 9.85. The van der Waals surface area contributed by atoms with Crippen LogP contribution in [0.25, 0.3) is 11.3 Å².